The number of phenols is 2. The molecule has 1 aliphatic carbocycles. The summed E-state index contributed by atoms with van der Waals surface area (Å²) in [7, 11) is 0. The second kappa shape index (κ2) is 11.7. The van der Waals surface area contributed by atoms with Crippen LogP contribution in [0.4, 0.5) is 5.69 Å². The molecule has 1 atom stereocenters. The van der Waals surface area contributed by atoms with Crippen molar-refractivity contribution in [3.63, 3.8) is 0 Å². The van der Waals surface area contributed by atoms with Crippen molar-refractivity contribution in [2.75, 3.05) is 19.7 Å². The van der Waals surface area contributed by atoms with E-state index in [0.717, 1.165) is 43.4 Å². The zero-order valence-corrected chi connectivity index (χ0v) is 18.6. The number of hydrazine groups is 1. The Balaban J connectivity index is 1.55. The normalized spacial score (nSPS) is 15.5. The van der Waals surface area contributed by atoms with Crippen molar-refractivity contribution in [2.24, 2.45) is 0 Å². The summed E-state index contributed by atoms with van der Waals surface area (Å²) in [5.41, 5.74) is 5.50. The van der Waals surface area contributed by atoms with E-state index in [0.29, 0.717) is 24.9 Å². The van der Waals surface area contributed by atoms with E-state index < -0.39 is 4.92 Å². The number of nitrogens with zero attached hydrogens (tertiary/aromatic N) is 2. The molecule has 0 heterocycles. The smallest absolute Gasteiger partial charge is 0.269 e. The Morgan fingerprint density at radius 1 is 1.16 bits per heavy atom. The van der Waals surface area contributed by atoms with Crippen LogP contribution in [-0.2, 0) is 12.8 Å². The lowest BCUT2D eigenvalue weighted by molar-refractivity contribution is -0.384. The lowest BCUT2D eigenvalue weighted by Gasteiger charge is -2.36. The van der Waals surface area contributed by atoms with Gasteiger partial charge >= 0.3 is 0 Å². The third kappa shape index (κ3) is 6.34. The van der Waals surface area contributed by atoms with Crippen LogP contribution in [0.5, 0.6) is 17.2 Å². The predicted molar refractivity (Wildman–Crippen MR) is 123 cm³/mol. The first-order valence-corrected chi connectivity index (χ1v) is 11.4. The maximum atomic E-state index is 10.8. The topological polar surface area (TPSA) is 108 Å². The fourth-order valence-corrected chi connectivity index (χ4v) is 4.19. The van der Waals surface area contributed by atoms with Crippen LogP contribution in [0.25, 0.3) is 0 Å². The SMILES string of the molecule is CCCCCCN(NCCOc1ccc([N+](=O)[O-])cc1)C1CCc2c(ccc(O)c2O)C1. The van der Waals surface area contributed by atoms with E-state index in [9.17, 15) is 20.3 Å². The van der Waals surface area contributed by atoms with Crippen molar-refractivity contribution in [3.8, 4) is 17.2 Å². The highest BCUT2D eigenvalue weighted by Crippen LogP contribution is 2.36. The van der Waals surface area contributed by atoms with E-state index in [1.807, 2.05) is 6.07 Å². The van der Waals surface area contributed by atoms with Crippen LogP contribution in [-0.4, -0.2) is 45.9 Å². The Labute approximate surface area is 188 Å². The number of aromatic hydroxyl groups is 2. The van der Waals surface area contributed by atoms with Gasteiger partial charge in [0.05, 0.1) is 4.92 Å². The fourth-order valence-electron chi connectivity index (χ4n) is 4.19. The van der Waals surface area contributed by atoms with E-state index in [-0.39, 0.29) is 17.2 Å². The van der Waals surface area contributed by atoms with Gasteiger partial charge in [-0.3, -0.25) is 15.5 Å². The van der Waals surface area contributed by atoms with Gasteiger partial charge in [-0.15, -0.1) is 0 Å². The number of unbranched alkanes of at least 4 members (excludes halogenated alkanes) is 3. The molecule has 3 rings (SSSR count). The highest BCUT2D eigenvalue weighted by molar-refractivity contribution is 5.50. The quantitative estimate of drug-likeness (QED) is 0.194. The molecule has 0 bridgehead atoms. The Morgan fingerprint density at radius 2 is 1.94 bits per heavy atom. The van der Waals surface area contributed by atoms with Gasteiger partial charge in [0.15, 0.2) is 11.5 Å². The third-order valence-corrected chi connectivity index (χ3v) is 5.97. The van der Waals surface area contributed by atoms with Crippen molar-refractivity contribution in [3.05, 3.63) is 57.6 Å². The lowest BCUT2D eigenvalue weighted by Crippen LogP contribution is -2.49. The van der Waals surface area contributed by atoms with Crippen LogP contribution in [0.2, 0.25) is 0 Å². The van der Waals surface area contributed by atoms with Gasteiger partial charge in [0.25, 0.3) is 5.69 Å². The number of hydrogen-bond donors (Lipinski definition) is 3. The molecule has 0 radical (unpaired) electrons. The molecule has 2 aromatic rings. The van der Waals surface area contributed by atoms with Gasteiger partial charge in [-0.2, -0.15) is 0 Å². The predicted octanol–water partition coefficient (Wildman–Crippen LogP) is 4.33. The van der Waals surface area contributed by atoms with E-state index in [1.54, 1.807) is 18.2 Å². The molecule has 3 N–H and O–H groups in total. The minimum absolute atomic E-state index is 0.0138. The first kappa shape index (κ1) is 23.8. The van der Waals surface area contributed by atoms with Crippen LogP contribution in [0.15, 0.2) is 36.4 Å². The third-order valence-electron chi connectivity index (χ3n) is 5.97. The van der Waals surface area contributed by atoms with Crippen LogP contribution in [0.1, 0.15) is 50.2 Å². The van der Waals surface area contributed by atoms with Crippen molar-refractivity contribution >= 4 is 5.69 Å². The average Bonchev–Trinajstić information content (AvgIpc) is 2.80. The Bertz CT molecular complexity index is 888. The summed E-state index contributed by atoms with van der Waals surface area (Å²) in [5, 5.41) is 33.0. The summed E-state index contributed by atoms with van der Waals surface area (Å²) in [6.45, 7) is 4.20. The molecular weight excluding hydrogens is 410 g/mol. The van der Waals surface area contributed by atoms with Gasteiger partial charge < -0.3 is 14.9 Å². The molecule has 0 saturated heterocycles. The molecular formula is C24H33N3O5. The molecule has 0 amide bonds. The van der Waals surface area contributed by atoms with E-state index >= 15 is 0 Å². The molecule has 1 unspecified atom stereocenters. The number of rotatable bonds is 12. The van der Waals surface area contributed by atoms with Crippen molar-refractivity contribution in [1.29, 1.82) is 0 Å². The van der Waals surface area contributed by atoms with Gasteiger partial charge in [0.2, 0.25) is 0 Å². The molecule has 0 aliphatic heterocycles. The number of non-ortho nitro benzene ring substituents is 1. The molecule has 0 saturated carbocycles. The van der Waals surface area contributed by atoms with E-state index in [1.165, 1.54) is 31.4 Å². The number of benzene rings is 2. The minimum atomic E-state index is -0.425. The lowest BCUT2D eigenvalue weighted by atomic mass is 9.87. The van der Waals surface area contributed by atoms with Gasteiger partial charge in [-0.25, -0.2) is 5.01 Å². The largest absolute Gasteiger partial charge is 0.504 e. The van der Waals surface area contributed by atoms with Gasteiger partial charge in [0, 0.05) is 36.8 Å². The molecule has 0 fully saturated rings. The molecule has 2 aromatic carbocycles. The second-order valence-corrected chi connectivity index (χ2v) is 8.23. The number of nitro benzene ring substituents is 1. The fraction of sp³-hybridized carbons (Fsp3) is 0.500. The molecule has 1 aliphatic rings. The number of nitrogens with one attached hydrogen (secondary N) is 1. The van der Waals surface area contributed by atoms with Gasteiger partial charge in [-0.05, 0) is 49.4 Å². The van der Waals surface area contributed by atoms with Crippen molar-refractivity contribution in [2.45, 2.75) is 57.9 Å². The van der Waals surface area contributed by atoms with Crippen LogP contribution < -0.4 is 10.2 Å². The number of ether oxygens (including phenoxy) is 1. The molecule has 8 heteroatoms. The molecule has 174 valence electrons. The molecule has 0 aromatic heterocycles. The first-order valence-electron chi connectivity index (χ1n) is 11.4. The van der Waals surface area contributed by atoms with Crippen LogP contribution in [0, 0.1) is 10.1 Å². The molecule has 32 heavy (non-hydrogen) atoms. The minimum Gasteiger partial charge on any atom is -0.504 e. The van der Waals surface area contributed by atoms with Crippen molar-refractivity contribution in [1.82, 2.24) is 10.4 Å². The maximum Gasteiger partial charge on any atom is 0.269 e. The van der Waals surface area contributed by atoms with Crippen molar-refractivity contribution < 1.29 is 19.9 Å². The first-order chi connectivity index (χ1) is 15.5. The number of phenolic OH excluding ortho intramolecular Hbond substituents is 2. The number of hydrogen-bond acceptors (Lipinski definition) is 7. The standard InChI is InChI=1S/C24H33N3O5/c1-2-3-4-5-15-26(20-9-12-22-18(17-20)6-13-23(28)24(22)29)25-14-16-32-21-10-7-19(8-11-21)27(30)31/h6-8,10-11,13,20,25,28-29H,2-5,9,12,14-17H2,1H3. The summed E-state index contributed by atoms with van der Waals surface area (Å²) in [6, 6.07) is 9.87. The Morgan fingerprint density at radius 3 is 2.66 bits per heavy atom. The number of nitro groups is 1. The van der Waals surface area contributed by atoms with Crippen LogP contribution in [0.3, 0.4) is 0 Å². The average molecular weight is 444 g/mol. The maximum absolute atomic E-state index is 10.8. The second-order valence-electron chi connectivity index (χ2n) is 8.23. The van der Waals surface area contributed by atoms with E-state index in [2.05, 4.69) is 17.4 Å². The zero-order valence-electron chi connectivity index (χ0n) is 18.6. The molecule has 8 nitrogen and oxygen atoms in total. The summed E-state index contributed by atoms with van der Waals surface area (Å²) in [5.74, 6) is 0.564. The summed E-state index contributed by atoms with van der Waals surface area (Å²) < 4.78 is 5.73. The van der Waals surface area contributed by atoms with Crippen LogP contribution >= 0.6 is 0 Å². The monoisotopic (exact) mass is 443 g/mol. The summed E-state index contributed by atoms with van der Waals surface area (Å²) in [6.07, 6.45) is 7.14. The number of fused-ring (bicyclic) bond motifs is 1. The van der Waals surface area contributed by atoms with E-state index in [4.69, 9.17) is 4.74 Å². The van der Waals surface area contributed by atoms with Gasteiger partial charge in [-0.1, -0.05) is 32.3 Å². The van der Waals surface area contributed by atoms with Gasteiger partial charge in [0.1, 0.15) is 12.4 Å². The Hall–Kier alpha value is -2.84. The summed E-state index contributed by atoms with van der Waals surface area (Å²) in [4.78, 5) is 10.3. The Kier molecular flexibility index (Phi) is 8.70. The molecule has 0 spiro atoms. The highest BCUT2D eigenvalue weighted by atomic mass is 16.6. The summed E-state index contributed by atoms with van der Waals surface area (Å²) >= 11 is 0. The highest BCUT2D eigenvalue weighted by Gasteiger charge is 2.26. The zero-order chi connectivity index (χ0) is 22.9.